The molecule has 0 unspecified atom stereocenters. The number of para-hydroxylation sites is 2. The van der Waals surface area contributed by atoms with Crippen molar-refractivity contribution in [2.24, 2.45) is 0 Å². The Hall–Kier alpha value is -3.17. The number of hydrogen-bond donors (Lipinski definition) is 3. The maximum absolute atomic E-state index is 12.5. The Kier molecular flexibility index (Phi) is 9.73. The van der Waals surface area contributed by atoms with Crippen molar-refractivity contribution in [1.82, 2.24) is 16.2 Å². The number of carbonyl (C=O) groups excluding carboxylic acids is 2. The Bertz CT molecular complexity index is 904. The van der Waals surface area contributed by atoms with Crippen molar-refractivity contribution in [2.45, 2.75) is 19.8 Å². The van der Waals surface area contributed by atoms with Crippen molar-refractivity contribution in [3.05, 3.63) is 59.7 Å². The molecule has 0 heterocycles. The highest BCUT2D eigenvalue weighted by molar-refractivity contribution is 7.80. The van der Waals surface area contributed by atoms with Crippen LogP contribution in [0.2, 0.25) is 0 Å². The third kappa shape index (κ3) is 7.88. The van der Waals surface area contributed by atoms with E-state index in [0.29, 0.717) is 30.3 Å². The van der Waals surface area contributed by atoms with E-state index in [1.165, 1.54) is 0 Å². The van der Waals surface area contributed by atoms with Gasteiger partial charge in [-0.3, -0.25) is 25.8 Å². The van der Waals surface area contributed by atoms with Crippen molar-refractivity contribution in [3.63, 3.8) is 0 Å². The molecule has 0 fully saturated rings. The van der Waals surface area contributed by atoms with Gasteiger partial charge in [-0.15, -0.1) is 0 Å². The van der Waals surface area contributed by atoms with E-state index in [1.54, 1.807) is 31.4 Å². The van der Waals surface area contributed by atoms with Crippen LogP contribution in [-0.4, -0.2) is 43.9 Å². The SMILES string of the molecule is COCCOc1ccccc1C(=O)NC(=S)NNC(=O)COc1ccccc1C(C)C. The second-order valence-corrected chi connectivity index (χ2v) is 7.18. The lowest BCUT2D eigenvalue weighted by Gasteiger charge is -2.15. The summed E-state index contributed by atoms with van der Waals surface area (Å²) in [6.45, 7) is 4.59. The Balaban J connectivity index is 1.81. The van der Waals surface area contributed by atoms with E-state index in [-0.39, 0.29) is 17.6 Å². The molecule has 8 nitrogen and oxygen atoms in total. The number of methoxy groups -OCH3 is 1. The quantitative estimate of drug-likeness (QED) is 0.310. The monoisotopic (exact) mass is 445 g/mol. The molecular weight excluding hydrogens is 418 g/mol. The van der Waals surface area contributed by atoms with Crippen LogP contribution in [0.4, 0.5) is 0 Å². The summed E-state index contributed by atoms with van der Waals surface area (Å²) in [7, 11) is 1.56. The summed E-state index contributed by atoms with van der Waals surface area (Å²) >= 11 is 5.07. The first-order chi connectivity index (χ1) is 14.9. The van der Waals surface area contributed by atoms with Gasteiger partial charge in [0.2, 0.25) is 0 Å². The normalized spacial score (nSPS) is 10.3. The number of carbonyl (C=O) groups is 2. The molecule has 0 bridgehead atoms. The molecule has 0 aliphatic rings. The van der Waals surface area contributed by atoms with Crippen molar-refractivity contribution in [2.75, 3.05) is 26.9 Å². The van der Waals surface area contributed by atoms with E-state index < -0.39 is 11.8 Å². The van der Waals surface area contributed by atoms with Crippen LogP contribution in [0.1, 0.15) is 35.7 Å². The van der Waals surface area contributed by atoms with Gasteiger partial charge in [-0.1, -0.05) is 44.2 Å². The first kappa shape index (κ1) is 24.1. The number of benzene rings is 2. The van der Waals surface area contributed by atoms with Crippen molar-refractivity contribution in [3.8, 4) is 11.5 Å². The first-order valence-corrected chi connectivity index (χ1v) is 10.2. The van der Waals surface area contributed by atoms with Gasteiger partial charge in [0, 0.05) is 7.11 Å². The van der Waals surface area contributed by atoms with Gasteiger partial charge >= 0.3 is 0 Å². The summed E-state index contributed by atoms with van der Waals surface area (Å²) in [5.74, 6) is 0.400. The summed E-state index contributed by atoms with van der Waals surface area (Å²) in [4.78, 5) is 24.5. The average Bonchev–Trinajstić information content (AvgIpc) is 2.76. The van der Waals surface area contributed by atoms with Gasteiger partial charge in [0.15, 0.2) is 11.7 Å². The van der Waals surface area contributed by atoms with Crippen LogP contribution >= 0.6 is 12.2 Å². The predicted molar refractivity (Wildman–Crippen MR) is 121 cm³/mol. The van der Waals surface area contributed by atoms with Gasteiger partial charge in [0.25, 0.3) is 11.8 Å². The van der Waals surface area contributed by atoms with E-state index in [1.807, 2.05) is 38.1 Å². The van der Waals surface area contributed by atoms with E-state index in [0.717, 1.165) is 5.56 Å². The fourth-order valence-corrected chi connectivity index (χ4v) is 2.76. The van der Waals surface area contributed by atoms with Crippen LogP contribution in [0.25, 0.3) is 0 Å². The molecule has 0 aromatic heterocycles. The topological polar surface area (TPSA) is 97.9 Å². The standard InChI is InChI=1S/C22H27N3O5S/c1-15(2)16-8-4-6-10-18(16)30-14-20(26)24-25-22(31)23-21(27)17-9-5-7-11-19(17)29-13-12-28-3/h4-11,15H,12-14H2,1-3H3,(H,24,26)(H2,23,25,27,31). The van der Waals surface area contributed by atoms with Crippen LogP contribution in [-0.2, 0) is 9.53 Å². The van der Waals surface area contributed by atoms with Gasteiger partial charge < -0.3 is 14.2 Å². The number of thiocarbonyl (C=S) groups is 1. The number of hydrazine groups is 1. The van der Waals surface area contributed by atoms with Gasteiger partial charge in [0.05, 0.1) is 12.2 Å². The fourth-order valence-electron chi connectivity index (χ4n) is 2.61. The second kappa shape index (κ2) is 12.5. The van der Waals surface area contributed by atoms with Gasteiger partial charge in [-0.25, -0.2) is 0 Å². The summed E-state index contributed by atoms with van der Waals surface area (Å²) in [6.07, 6.45) is 0. The van der Waals surface area contributed by atoms with Crippen LogP contribution in [0.15, 0.2) is 48.5 Å². The smallest absolute Gasteiger partial charge is 0.276 e. The van der Waals surface area contributed by atoms with E-state index in [9.17, 15) is 9.59 Å². The predicted octanol–water partition coefficient (Wildman–Crippen LogP) is 2.55. The van der Waals surface area contributed by atoms with Crippen molar-refractivity contribution < 1.29 is 23.8 Å². The third-order valence-corrected chi connectivity index (χ3v) is 4.32. The van der Waals surface area contributed by atoms with E-state index >= 15 is 0 Å². The molecular formula is C22H27N3O5S. The number of rotatable bonds is 9. The lowest BCUT2D eigenvalue weighted by Crippen LogP contribution is -2.49. The van der Waals surface area contributed by atoms with Crippen LogP contribution in [0, 0.1) is 0 Å². The average molecular weight is 446 g/mol. The zero-order chi connectivity index (χ0) is 22.6. The molecule has 0 spiro atoms. The molecule has 2 rings (SSSR count). The molecule has 2 aromatic carbocycles. The number of nitrogens with one attached hydrogen (secondary N) is 3. The van der Waals surface area contributed by atoms with Gasteiger partial charge in [-0.2, -0.15) is 0 Å². The van der Waals surface area contributed by atoms with Gasteiger partial charge in [-0.05, 0) is 41.9 Å². The van der Waals surface area contributed by atoms with Crippen LogP contribution in [0.5, 0.6) is 11.5 Å². The minimum atomic E-state index is -0.470. The number of hydrogen-bond acceptors (Lipinski definition) is 6. The second-order valence-electron chi connectivity index (χ2n) is 6.78. The highest BCUT2D eigenvalue weighted by Gasteiger charge is 2.14. The Morgan fingerprint density at radius 2 is 1.61 bits per heavy atom. The lowest BCUT2D eigenvalue weighted by molar-refractivity contribution is -0.123. The molecule has 0 saturated carbocycles. The molecule has 3 N–H and O–H groups in total. The lowest BCUT2D eigenvalue weighted by atomic mass is 10.0. The summed E-state index contributed by atoms with van der Waals surface area (Å²) in [5, 5.41) is 2.43. The maximum atomic E-state index is 12.5. The molecule has 0 aliphatic heterocycles. The minimum Gasteiger partial charge on any atom is -0.490 e. The molecule has 2 aromatic rings. The highest BCUT2D eigenvalue weighted by Crippen LogP contribution is 2.25. The zero-order valence-corrected chi connectivity index (χ0v) is 18.6. The largest absolute Gasteiger partial charge is 0.490 e. The molecule has 31 heavy (non-hydrogen) atoms. The molecule has 0 saturated heterocycles. The number of amides is 2. The molecule has 0 atom stereocenters. The molecule has 0 aliphatic carbocycles. The third-order valence-electron chi connectivity index (χ3n) is 4.12. The number of ether oxygens (including phenoxy) is 3. The Morgan fingerprint density at radius 3 is 2.32 bits per heavy atom. The molecule has 2 amide bonds. The van der Waals surface area contributed by atoms with E-state index in [2.05, 4.69) is 16.2 Å². The van der Waals surface area contributed by atoms with Crippen molar-refractivity contribution in [1.29, 1.82) is 0 Å². The summed E-state index contributed by atoms with van der Waals surface area (Å²) < 4.78 is 16.1. The van der Waals surface area contributed by atoms with E-state index in [4.69, 9.17) is 26.4 Å². The Labute approximate surface area is 187 Å². The molecule has 166 valence electrons. The van der Waals surface area contributed by atoms with Gasteiger partial charge in [0.1, 0.15) is 18.1 Å². The van der Waals surface area contributed by atoms with Crippen LogP contribution < -0.4 is 25.6 Å². The summed E-state index contributed by atoms with van der Waals surface area (Å²) in [6, 6.07) is 14.3. The molecule has 0 radical (unpaired) electrons. The zero-order valence-electron chi connectivity index (χ0n) is 17.8. The highest BCUT2D eigenvalue weighted by atomic mass is 32.1. The first-order valence-electron chi connectivity index (χ1n) is 9.75. The molecule has 9 heteroatoms. The Morgan fingerprint density at radius 1 is 0.935 bits per heavy atom. The summed E-state index contributed by atoms with van der Waals surface area (Å²) in [5.41, 5.74) is 6.20. The maximum Gasteiger partial charge on any atom is 0.276 e. The fraction of sp³-hybridized carbons (Fsp3) is 0.318. The minimum absolute atomic E-state index is 0.0624. The van der Waals surface area contributed by atoms with Crippen LogP contribution in [0.3, 0.4) is 0 Å². The van der Waals surface area contributed by atoms with Crippen molar-refractivity contribution >= 4 is 29.1 Å².